The van der Waals surface area contributed by atoms with Gasteiger partial charge >= 0.3 is 0 Å². The minimum atomic E-state index is 0.761. The molecular formula is C15H30N2. The number of hydrogen-bond donors (Lipinski definition) is 1. The fraction of sp³-hybridized carbons (Fsp3) is 1.00. The molecule has 4 unspecified atom stereocenters. The third-order valence-corrected chi connectivity index (χ3v) is 5.09. The van der Waals surface area contributed by atoms with E-state index in [0.717, 1.165) is 23.9 Å². The van der Waals surface area contributed by atoms with Gasteiger partial charge in [0.25, 0.3) is 0 Å². The first-order chi connectivity index (χ1) is 8.24. The summed E-state index contributed by atoms with van der Waals surface area (Å²) >= 11 is 0. The van der Waals surface area contributed by atoms with E-state index in [1.165, 1.54) is 51.6 Å². The van der Waals surface area contributed by atoms with Crippen molar-refractivity contribution in [3.05, 3.63) is 0 Å². The van der Waals surface area contributed by atoms with Crippen LogP contribution in [-0.2, 0) is 0 Å². The summed E-state index contributed by atoms with van der Waals surface area (Å²) in [5.41, 5.74) is 0. The molecule has 0 aromatic rings. The summed E-state index contributed by atoms with van der Waals surface area (Å²) in [4.78, 5) is 2.80. The molecule has 4 atom stereocenters. The average Bonchev–Trinajstić information content (AvgIpc) is 2.38. The second-order valence-electron chi connectivity index (χ2n) is 6.27. The second kappa shape index (κ2) is 6.19. The fourth-order valence-corrected chi connectivity index (χ4v) is 3.92. The molecule has 1 saturated carbocycles. The van der Waals surface area contributed by atoms with E-state index in [0.29, 0.717) is 0 Å². The molecule has 1 heterocycles. The molecular weight excluding hydrogens is 208 g/mol. The first-order valence-electron chi connectivity index (χ1n) is 7.65. The Morgan fingerprint density at radius 2 is 2.06 bits per heavy atom. The van der Waals surface area contributed by atoms with E-state index in [1.807, 2.05) is 0 Å². The topological polar surface area (TPSA) is 15.3 Å². The minimum Gasteiger partial charge on any atom is -0.317 e. The second-order valence-corrected chi connectivity index (χ2v) is 6.27. The largest absolute Gasteiger partial charge is 0.317 e. The number of hydrogen-bond acceptors (Lipinski definition) is 2. The molecule has 0 bridgehead atoms. The van der Waals surface area contributed by atoms with Crippen LogP contribution >= 0.6 is 0 Å². The standard InChI is InChI=1S/C15H30N2/c1-4-13-11-17(9-8-15(13)16-3)14-7-5-6-12(2)10-14/h12-16H,4-11H2,1-3H3. The predicted octanol–water partition coefficient (Wildman–Crippen LogP) is 2.89. The maximum atomic E-state index is 3.51. The van der Waals surface area contributed by atoms with Crippen molar-refractivity contribution in [1.82, 2.24) is 10.2 Å². The monoisotopic (exact) mass is 238 g/mol. The van der Waals surface area contributed by atoms with Gasteiger partial charge in [0.15, 0.2) is 0 Å². The van der Waals surface area contributed by atoms with Crippen LogP contribution in [0.1, 0.15) is 52.4 Å². The lowest BCUT2D eigenvalue weighted by molar-refractivity contribution is 0.0673. The number of rotatable bonds is 3. The average molecular weight is 238 g/mol. The van der Waals surface area contributed by atoms with Gasteiger partial charge in [0.05, 0.1) is 0 Å². The van der Waals surface area contributed by atoms with Gasteiger partial charge in [0, 0.05) is 18.6 Å². The highest BCUT2D eigenvalue weighted by atomic mass is 15.2. The molecule has 17 heavy (non-hydrogen) atoms. The highest BCUT2D eigenvalue weighted by Gasteiger charge is 2.32. The van der Waals surface area contributed by atoms with Gasteiger partial charge in [0.1, 0.15) is 0 Å². The van der Waals surface area contributed by atoms with Crippen LogP contribution in [-0.4, -0.2) is 37.1 Å². The van der Waals surface area contributed by atoms with E-state index >= 15 is 0 Å². The van der Waals surface area contributed by atoms with Crippen LogP contribution in [0.2, 0.25) is 0 Å². The van der Waals surface area contributed by atoms with Crippen molar-refractivity contribution in [2.24, 2.45) is 11.8 Å². The van der Waals surface area contributed by atoms with Crippen molar-refractivity contribution in [1.29, 1.82) is 0 Å². The van der Waals surface area contributed by atoms with Gasteiger partial charge in [-0.05, 0) is 44.7 Å². The zero-order valence-corrected chi connectivity index (χ0v) is 11.9. The molecule has 1 saturated heterocycles. The molecule has 1 N–H and O–H groups in total. The van der Waals surface area contributed by atoms with Crippen LogP contribution in [0.25, 0.3) is 0 Å². The molecule has 1 aliphatic heterocycles. The predicted molar refractivity (Wildman–Crippen MR) is 74.2 cm³/mol. The van der Waals surface area contributed by atoms with Crippen molar-refractivity contribution in [2.75, 3.05) is 20.1 Å². The fourth-order valence-electron chi connectivity index (χ4n) is 3.92. The van der Waals surface area contributed by atoms with Crippen LogP contribution in [0.5, 0.6) is 0 Å². The van der Waals surface area contributed by atoms with Crippen LogP contribution in [0.4, 0.5) is 0 Å². The third-order valence-electron chi connectivity index (χ3n) is 5.09. The third kappa shape index (κ3) is 3.23. The molecule has 0 radical (unpaired) electrons. The Balaban J connectivity index is 1.89. The maximum Gasteiger partial charge on any atom is 0.0117 e. The zero-order chi connectivity index (χ0) is 12.3. The van der Waals surface area contributed by atoms with Gasteiger partial charge in [-0.25, -0.2) is 0 Å². The van der Waals surface area contributed by atoms with Crippen LogP contribution in [0.15, 0.2) is 0 Å². The summed E-state index contributed by atoms with van der Waals surface area (Å²) in [5.74, 6) is 1.82. The lowest BCUT2D eigenvalue weighted by atomic mass is 9.83. The molecule has 2 nitrogen and oxygen atoms in total. The van der Waals surface area contributed by atoms with Crippen LogP contribution in [0.3, 0.4) is 0 Å². The molecule has 0 aromatic heterocycles. The first-order valence-corrected chi connectivity index (χ1v) is 7.65. The van der Waals surface area contributed by atoms with Gasteiger partial charge in [-0.1, -0.05) is 33.1 Å². The molecule has 0 amide bonds. The molecule has 2 rings (SSSR count). The van der Waals surface area contributed by atoms with Gasteiger partial charge in [-0.2, -0.15) is 0 Å². The van der Waals surface area contributed by atoms with E-state index < -0.39 is 0 Å². The summed E-state index contributed by atoms with van der Waals surface area (Å²) in [6.07, 6.45) is 8.48. The van der Waals surface area contributed by atoms with Crippen LogP contribution in [0, 0.1) is 11.8 Å². The number of piperidine rings is 1. The maximum absolute atomic E-state index is 3.51. The van der Waals surface area contributed by atoms with E-state index in [9.17, 15) is 0 Å². The Morgan fingerprint density at radius 1 is 1.24 bits per heavy atom. The molecule has 0 spiro atoms. The molecule has 2 heteroatoms. The van der Waals surface area contributed by atoms with Gasteiger partial charge in [0.2, 0.25) is 0 Å². The van der Waals surface area contributed by atoms with Crippen LogP contribution < -0.4 is 5.32 Å². The van der Waals surface area contributed by atoms with E-state index in [1.54, 1.807) is 0 Å². The Labute approximate surface area is 107 Å². The highest BCUT2D eigenvalue weighted by molar-refractivity contribution is 4.88. The van der Waals surface area contributed by atoms with Gasteiger partial charge in [-0.3, -0.25) is 4.90 Å². The smallest absolute Gasteiger partial charge is 0.0117 e. The van der Waals surface area contributed by atoms with Crippen molar-refractivity contribution in [3.8, 4) is 0 Å². The molecule has 100 valence electrons. The summed E-state index contributed by atoms with van der Waals surface area (Å²) in [5, 5.41) is 3.51. The highest BCUT2D eigenvalue weighted by Crippen LogP contribution is 2.30. The van der Waals surface area contributed by atoms with Crippen molar-refractivity contribution < 1.29 is 0 Å². The molecule has 2 aliphatic rings. The van der Waals surface area contributed by atoms with E-state index in [2.05, 4.69) is 31.1 Å². The number of nitrogens with zero attached hydrogens (tertiary/aromatic N) is 1. The Bertz CT molecular complexity index is 229. The van der Waals surface area contributed by atoms with Crippen molar-refractivity contribution in [2.45, 2.75) is 64.5 Å². The Hall–Kier alpha value is -0.0800. The summed E-state index contributed by atoms with van der Waals surface area (Å²) in [6, 6.07) is 1.66. The normalized spacial score (nSPS) is 40.4. The first kappa shape index (κ1) is 13.4. The van der Waals surface area contributed by atoms with Gasteiger partial charge in [-0.15, -0.1) is 0 Å². The Morgan fingerprint density at radius 3 is 2.71 bits per heavy atom. The summed E-state index contributed by atoms with van der Waals surface area (Å²) < 4.78 is 0. The molecule has 1 aliphatic carbocycles. The lowest BCUT2D eigenvalue weighted by Gasteiger charge is -2.44. The number of nitrogens with one attached hydrogen (secondary N) is 1. The molecule has 2 fully saturated rings. The minimum absolute atomic E-state index is 0.761. The Kier molecular flexibility index (Phi) is 4.87. The van der Waals surface area contributed by atoms with E-state index in [-0.39, 0.29) is 0 Å². The zero-order valence-electron chi connectivity index (χ0n) is 11.9. The van der Waals surface area contributed by atoms with E-state index in [4.69, 9.17) is 0 Å². The van der Waals surface area contributed by atoms with Crippen molar-refractivity contribution in [3.63, 3.8) is 0 Å². The number of likely N-dealkylation sites (tertiary alicyclic amines) is 1. The quantitative estimate of drug-likeness (QED) is 0.813. The van der Waals surface area contributed by atoms with Crippen molar-refractivity contribution >= 4 is 0 Å². The SMILES string of the molecule is CCC1CN(C2CCCC(C)C2)CCC1NC. The summed E-state index contributed by atoms with van der Waals surface area (Å²) in [7, 11) is 2.13. The molecule has 0 aromatic carbocycles. The summed E-state index contributed by atoms with van der Waals surface area (Å²) in [6.45, 7) is 7.44. The lowest BCUT2D eigenvalue weighted by Crippen LogP contribution is -2.52. The van der Waals surface area contributed by atoms with Gasteiger partial charge < -0.3 is 5.32 Å².